The monoisotopic (exact) mass is 378 g/mol. The highest BCUT2D eigenvalue weighted by molar-refractivity contribution is 6.64. The molecule has 2 heterocycles. The number of fused-ring (bicyclic) bond motifs is 5. The van der Waals surface area contributed by atoms with E-state index >= 15 is 0 Å². The summed E-state index contributed by atoms with van der Waals surface area (Å²) in [5, 5.41) is 0. The van der Waals surface area contributed by atoms with E-state index in [1.165, 1.54) is 63.4 Å². The first kappa shape index (κ1) is 19.2. The Bertz CT molecular complexity index is 634. The highest BCUT2D eigenvalue weighted by Gasteiger charge is 2.60. The van der Waals surface area contributed by atoms with E-state index in [9.17, 15) is 0 Å². The highest BCUT2D eigenvalue weighted by atomic mass is 16.5. The zero-order chi connectivity index (χ0) is 19.1. The van der Waals surface area contributed by atoms with Crippen molar-refractivity contribution in [3.05, 3.63) is 35.9 Å². The van der Waals surface area contributed by atoms with Crippen LogP contribution in [-0.4, -0.2) is 13.3 Å². The molecule has 0 radical (unpaired) electrons. The third kappa shape index (κ3) is 3.38. The Kier molecular flexibility index (Phi) is 5.37. The van der Waals surface area contributed by atoms with E-state index in [1.54, 1.807) is 0 Å². The van der Waals surface area contributed by atoms with Gasteiger partial charge in [-0.3, -0.25) is 0 Å². The molecule has 2 aliphatic heterocycles. The molecule has 1 aromatic rings. The zero-order valence-corrected chi connectivity index (χ0v) is 18.1. The molecule has 3 aliphatic carbocycles. The van der Waals surface area contributed by atoms with Crippen LogP contribution < -0.4 is 0 Å². The van der Waals surface area contributed by atoms with Gasteiger partial charge in [0.05, 0.1) is 6.61 Å². The van der Waals surface area contributed by atoms with Crippen LogP contribution in [-0.2, 0) is 11.3 Å². The van der Waals surface area contributed by atoms with Gasteiger partial charge in [-0.15, -0.1) is 0 Å². The van der Waals surface area contributed by atoms with Crippen molar-refractivity contribution in [2.24, 2.45) is 23.2 Å². The summed E-state index contributed by atoms with van der Waals surface area (Å²) in [6.45, 7) is 7.94. The minimum atomic E-state index is 0.588. The first-order valence-corrected chi connectivity index (χ1v) is 12.3. The van der Waals surface area contributed by atoms with E-state index < -0.39 is 0 Å². The van der Waals surface area contributed by atoms with Crippen LogP contribution in [0.25, 0.3) is 0 Å². The molecule has 0 amide bonds. The third-order valence-electron chi connectivity index (χ3n) is 9.76. The maximum absolute atomic E-state index is 6.19. The van der Waals surface area contributed by atoms with Gasteiger partial charge >= 0.3 is 0 Å². The van der Waals surface area contributed by atoms with Crippen LogP contribution in [0.2, 0.25) is 17.5 Å². The van der Waals surface area contributed by atoms with Gasteiger partial charge in [-0.25, -0.2) is 0 Å². The van der Waals surface area contributed by atoms with E-state index in [1.807, 2.05) is 0 Å². The summed E-state index contributed by atoms with van der Waals surface area (Å²) < 4.78 is 6.19. The van der Waals surface area contributed by atoms with Gasteiger partial charge in [-0.2, -0.15) is 0 Å². The molecular formula is C26H39BO. The standard InChI is InChI=1S/C26H39BO/c1-26(2)20-16-24(26)23(14-15-28-18-19-8-4-3-5-9-19)25(17-20)27-21-10-6-11-22(27)13-7-12-21/h3-5,8-9,20-25H,6-7,10-18H2,1-2H3/t20-,21?,22?,23+,24+,25+/m1/s1. The topological polar surface area (TPSA) is 9.23 Å². The van der Waals surface area contributed by atoms with Crippen molar-refractivity contribution < 1.29 is 4.74 Å². The van der Waals surface area contributed by atoms with Crippen LogP contribution in [0.4, 0.5) is 0 Å². The molecule has 4 bridgehead atoms. The van der Waals surface area contributed by atoms with Crippen molar-refractivity contribution in [3.8, 4) is 0 Å². The normalized spacial score (nSPS) is 38.7. The van der Waals surface area contributed by atoms with E-state index in [0.717, 1.165) is 55.1 Å². The second kappa shape index (κ2) is 7.82. The summed E-state index contributed by atoms with van der Waals surface area (Å²) in [6.07, 6.45) is 13.5. The molecule has 5 aliphatic rings. The van der Waals surface area contributed by atoms with Crippen molar-refractivity contribution in [1.82, 2.24) is 0 Å². The SMILES string of the molecule is CC1(C)[C@H]2C[C@H](B3C4CCCC3CCC4)[C@@H](CCOCc3ccccc3)[C@@H]1C2. The minimum Gasteiger partial charge on any atom is -0.377 e. The maximum Gasteiger partial charge on any atom is 0.149 e. The van der Waals surface area contributed by atoms with Gasteiger partial charge in [0.1, 0.15) is 6.71 Å². The fourth-order valence-electron chi connectivity index (χ4n) is 8.25. The number of hydrogen-bond acceptors (Lipinski definition) is 1. The lowest BCUT2D eigenvalue weighted by Crippen LogP contribution is -2.58. The molecule has 3 saturated carbocycles. The van der Waals surface area contributed by atoms with Crippen molar-refractivity contribution in [2.45, 2.75) is 95.7 Å². The van der Waals surface area contributed by atoms with Crippen LogP contribution in [0.15, 0.2) is 30.3 Å². The summed E-state index contributed by atoms with van der Waals surface area (Å²) >= 11 is 0. The first-order chi connectivity index (χ1) is 13.6. The van der Waals surface area contributed by atoms with Crippen LogP contribution >= 0.6 is 0 Å². The predicted molar refractivity (Wildman–Crippen MR) is 119 cm³/mol. The van der Waals surface area contributed by atoms with Crippen molar-refractivity contribution in [1.29, 1.82) is 0 Å². The third-order valence-corrected chi connectivity index (χ3v) is 9.76. The quantitative estimate of drug-likeness (QED) is 0.374. The van der Waals surface area contributed by atoms with Gasteiger partial charge in [-0.05, 0) is 41.6 Å². The molecule has 4 atom stereocenters. The molecule has 0 aromatic heterocycles. The fourth-order valence-corrected chi connectivity index (χ4v) is 8.25. The molecule has 28 heavy (non-hydrogen) atoms. The van der Waals surface area contributed by atoms with Crippen molar-refractivity contribution in [3.63, 3.8) is 0 Å². The van der Waals surface area contributed by atoms with Gasteiger partial charge in [0, 0.05) is 6.61 Å². The smallest absolute Gasteiger partial charge is 0.149 e. The van der Waals surface area contributed by atoms with Gasteiger partial charge in [0.2, 0.25) is 0 Å². The molecule has 0 N–H and O–H groups in total. The Labute approximate surface area is 173 Å². The Morgan fingerprint density at radius 2 is 1.64 bits per heavy atom. The summed E-state index contributed by atoms with van der Waals surface area (Å²) in [7, 11) is 0. The number of benzene rings is 1. The summed E-state index contributed by atoms with van der Waals surface area (Å²) in [4.78, 5) is 0. The van der Waals surface area contributed by atoms with E-state index in [0.29, 0.717) is 5.41 Å². The molecule has 6 rings (SSSR count). The largest absolute Gasteiger partial charge is 0.377 e. The molecule has 5 fully saturated rings. The lowest BCUT2D eigenvalue weighted by molar-refractivity contribution is -0.112. The van der Waals surface area contributed by atoms with E-state index in [-0.39, 0.29) is 0 Å². The molecule has 1 nitrogen and oxygen atoms in total. The summed E-state index contributed by atoms with van der Waals surface area (Å²) in [5.41, 5.74) is 1.90. The molecule has 1 aromatic carbocycles. The van der Waals surface area contributed by atoms with Crippen molar-refractivity contribution in [2.75, 3.05) is 6.61 Å². The van der Waals surface area contributed by atoms with Crippen LogP contribution in [0.1, 0.15) is 77.2 Å². The highest BCUT2D eigenvalue weighted by Crippen LogP contribution is 2.68. The number of ether oxygens (including phenoxy) is 1. The first-order valence-electron chi connectivity index (χ1n) is 12.3. The molecule has 152 valence electrons. The lowest BCUT2D eigenvalue weighted by Gasteiger charge is -2.65. The predicted octanol–water partition coefficient (Wildman–Crippen LogP) is 7.25. The Morgan fingerprint density at radius 1 is 0.964 bits per heavy atom. The van der Waals surface area contributed by atoms with Crippen molar-refractivity contribution >= 4 is 6.71 Å². The average Bonchev–Trinajstić information content (AvgIpc) is 2.71. The van der Waals surface area contributed by atoms with Gasteiger partial charge in [0.25, 0.3) is 0 Å². The minimum absolute atomic E-state index is 0.588. The second-order valence-electron chi connectivity index (χ2n) is 11.2. The second-order valence-corrected chi connectivity index (χ2v) is 11.2. The molecule has 0 spiro atoms. The van der Waals surface area contributed by atoms with Crippen LogP contribution in [0.3, 0.4) is 0 Å². The molecule has 2 saturated heterocycles. The maximum atomic E-state index is 6.19. The molecule has 2 heteroatoms. The molecular weight excluding hydrogens is 339 g/mol. The average molecular weight is 378 g/mol. The van der Waals surface area contributed by atoms with E-state index in [2.05, 4.69) is 44.2 Å². The number of hydrogen-bond donors (Lipinski definition) is 0. The number of rotatable bonds is 6. The Hall–Kier alpha value is -0.755. The Morgan fingerprint density at radius 3 is 2.29 bits per heavy atom. The van der Waals surface area contributed by atoms with E-state index in [4.69, 9.17) is 4.74 Å². The van der Waals surface area contributed by atoms with Gasteiger partial charge in [0.15, 0.2) is 0 Å². The van der Waals surface area contributed by atoms with Crippen LogP contribution in [0, 0.1) is 23.2 Å². The Balaban J connectivity index is 1.26. The molecule has 0 unspecified atom stereocenters. The lowest BCUT2D eigenvalue weighted by atomic mass is 9.18. The van der Waals surface area contributed by atoms with Crippen LogP contribution in [0.5, 0.6) is 0 Å². The fraction of sp³-hybridized carbons (Fsp3) is 0.769. The van der Waals surface area contributed by atoms with Gasteiger partial charge < -0.3 is 4.74 Å². The summed E-state index contributed by atoms with van der Waals surface area (Å²) in [6, 6.07) is 10.7. The zero-order valence-electron chi connectivity index (χ0n) is 18.1. The summed E-state index contributed by atoms with van der Waals surface area (Å²) in [5.74, 6) is 6.01. The van der Waals surface area contributed by atoms with Gasteiger partial charge in [-0.1, -0.05) is 107 Å².